The summed E-state index contributed by atoms with van der Waals surface area (Å²) in [5.41, 5.74) is 2.08. The monoisotopic (exact) mass is 384 g/mol. The highest BCUT2D eigenvalue weighted by molar-refractivity contribution is 5.14. The van der Waals surface area contributed by atoms with Crippen LogP contribution in [0.5, 0.6) is 0 Å². The Morgan fingerprint density at radius 1 is 0.964 bits per heavy atom. The molecule has 0 aromatic heterocycles. The second-order valence-electron chi connectivity index (χ2n) is 7.03. The molecule has 2 aromatic carbocycles. The fraction of sp³-hybridized carbons (Fsp3) is 0.391. The largest absolute Gasteiger partial charge is 0.385 e. The Bertz CT molecular complexity index is 705. The molecule has 0 spiro atoms. The maximum atomic E-state index is 10.4. The highest BCUT2D eigenvalue weighted by Gasteiger charge is 2.47. The molecule has 1 fully saturated rings. The van der Waals surface area contributed by atoms with Crippen LogP contribution < -0.4 is 0 Å². The Labute approximate surface area is 166 Å². The second kappa shape index (κ2) is 10.5. The van der Waals surface area contributed by atoms with E-state index < -0.39 is 24.6 Å². The number of benzene rings is 2. The highest BCUT2D eigenvalue weighted by atomic mass is 16.7. The molecule has 0 saturated carbocycles. The number of aliphatic hydroxyl groups is 2. The third-order valence-corrected chi connectivity index (χ3v) is 4.91. The van der Waals surface area contributed by atoms with Gasteiger partial charge in [0.2, 0.25) is 0 Å². The number of hydrogen-bond donors (Lipinski definition) is 2. The molecule has 1 aliphatic rings. The van der Waals surface area contributed by atoms with Crippen LogP contribution in [0.25, 0.3) is 0 Å². The fourth-order valence-corrected chi connectivity index (χ4v) is 3.43. The molecule has 1 heterocycles. The first-order valence-corrected chi connectivity index (χ1v) is 9.58. The molecule has 0 radical (unpaired) electrons. The molecule has 28 heavy (non-hydrogen) atoms. The average molecular weight is 384 g/mol. The standard InChI is InChI=1S/C23H28O5/c1-2-9-19(16-26-14-17-10-5-3-6-11-17)21-22(20(24)23(25)28-21)27-15-18-12-7-4-8-13-18/h2-8,10-13,19-25H,1,9,14-16H2/t19-,20+,21+,22+,23?/m0/s1. The Morgan fingerprint density at radius 3 is 2.18 bits per heavy atom. The zero-order valence-electron chi connectivity index (χ0n) is 15.9. The summed E-state index contributed by atoms with van der Waals surface area (Å²) in [6.45, 7) is 5.05. The predicted molar refractivity (Wildman–Crippen MR) is 106 cm³/mol. The number of hydrogen-bond acceptors (Lipinski definition) is 5. The fourth-order valence-electron chi connectivity index (χ4n) is 3.43. The van der Waals surface area contributed by atoms with E-state index in [-0.39, 0.29) is 5.92 Å². The van der Waals surface area contributed by atoms with Gasteiger partial charge < -0.3 is 24.4 Å². The van der Waals surface area contributed by atoms with Crippen molar-refractivity contribution >= 4 is 0 Å². The molecule has 0 aliphatic carbocycles. The SMILES string of the molecule is C=CC[C@@H](COCc1ccccc1)[C@H]1OC(O)[C@H](O)[C@H]1OCc1ccccc1. The molecule has 2 N–H and O–H groups in total. The van der Waals surface area contributed by atoms with Crippen molar-refractivity contribution in [2.24, 2.45) is 5.92 Å². The molecular formula is C23H28O5. The zero-order chi connectivity index (χ0) is 19.8. The van der Waals surface area contributed by atoms with Gasteiger partial charge in [-0.1, -0.05) is 66.7 Å². The van der Waals surface area contributed by atoms with Crippen LogP contribution in [-0.2, 0) is 27.4 Å². The normalized spacial score (nSPS) is 25.5. The molecule has 1 unspecified atom stereocenters. The molecule has 5 heteroatoms. The second-order valence-corrected chi connectivity index (χ2v) is 7.03. The van der Waals surface area contributed by atoms with Crippen molar-refractivity contribution in [2.45, 2.75) is 44.2 Å². The van der Waals surface area contributed by atoms with Gasteiger partial charge in [0.25, 0.3) is 0 Å². The van der Waals surface area contributed by atoms with Gasteiger partial charge in [-0.05, 0) is 17.5 Å². The Balaban J connectivity index is 1.61. The van der Waals surface area contributed by atoms with Gasteiger partial charge in [0, 0.05) is 5.92 Å². The first-order chi connectivity index (χ1) is 13.7. The molecule has 1 saturated heterocycles. The molecule has 5 nitrogen and oxygen atoms in total. The van der Waals surface area contributed by atoms with E-state index >= 15 is 0 Å². The molecular weight excluding hydrogens is 356 g/mol. The van der Waals surface area contributed by atoms with Crippen LogP contribution in [0, 0.1) is 5.92 Å². The van der Waals surface area contributed by atoms with Crippen LogP contribution in [0.2, 0.25) is 0 Å². The van der Waals surface area contributed by atoms with Crippen LogP contribution in [0.4, 0.5) is 0 Å². The van der Waals surface area contributed by atoms with Gasteiger partial charge in [0.15, 0.2) is 6.29 Å². The van der Waals surface area contributed by atoms with Gasteiger partial charge in [-0.2, -0.15) is 0 Å². The number of ether oxygens (including phenoxy) is 3. The maximum Gasteiger partial charge on any atom is 0.183 e. The Hall–Kier alpha value is -2.02. The number of aliphatic hydroxyl groups excluding tert-OH is 2. The van der Waals surface area contributed by atoms with Gasteiger partial charge in [-0.25, -0.2) is 0 Å². The van der Waals surface area contributed by atoms with Crippen molar-refractivity contribution in [1.82, 2.24) is 0 Å². The predicted octanol–water partition coefficient (Wildman–Crippen LogP) is 3.06. The van der Waals surface area contributed by atoms with E-state index in [1.54, 1.807) is 6.08 Å². The van der Waals surface area contributed by atoms with E-state index in [9.17, 15) is 10.2 Å². The van der Waals surface area contributed by atoms with Crippen LogP contribution in [-0.4, -0.2) is 41.4 Å². The van der Waals surface area contributed by atoms with E-state index in [1.807, 2.05) is 60.7 Å². The van der Waals surface area contributed by atoms with E-state index in [0.717, 1.165) is 11.1 Å². The van der Waals surface area contributed by atoms with Crippen molar-refractivity contribution in [1.29, 1.82) is 0 Å². The summed E-state index contributed by atoms with van der Waals surface area (Å²) in [7, 11) is 0. The molecule has 1 aliphatic heterocycles. The summed E-state index contributed by atoms with van der Waals surface area (Å²) < 4.78 is 17.5. The smallest absolute Gasteiger partial charge is 0.183 e. The summed E-state index contributed by atoms with van der Waals surface area (Å²) in [5.74, 6) is -0.0891. The minimum Gasteiger partial charge on any atom is -0.385 e. The van der Waals surface area contributed by atoms with Crippen molar-refractivity contribution < 1.29 is 24.4 Å². The van der Waals surface area contributed by atoms with Crippen molar-refractivity contribution in [3.05, 3.63) is 84.4 Å². The summed E-state index contributed by atoms with van der Waals surface area (Å²) in [5, 5.41) is 20.4. The van der Waals surface area contributed by atoms with Crippen molar-refractivity contribution in [3.63, 3.8) is 0 Å². The topological polar surface area (TPSA) is 68.2 Å². The van der Waals surface area contributed by atoms with Crippen LogP contribution >= 0.6 is 0 Å². The van der Waals surface area contributed by atoms with Gasteiger partial charge in [0.1, 0.15) is 12.2 Å². The minimum absolute atomic E-state index is 0.0891. The number of allylic oxidation sites excluding steroid dienone is 1. The number of rotatable bonds is 10. The lowest BCUT2D eigenvalue weighted by atomic mass is 9.94. The first kappa shape index (κ1) is 20.7. The lowest BCUT2D eigenvalue weighted by molar-refractivity contribution is -0.140. The van der Waals surface area contributed by atoms with Crippen LogP contribution in [0.15, 0.2) is 73.3 Å². The zero-order valence-corrected chi connectivity index (χ0v) is 15.9. The molecule has 3 rings (SSSR count). The van der Waals surface area contributed by atoms with E-state index in [1.165, 1.54) is 0 Å². The van der Waals surface area contributed by atoms with E-state index in [2.05, 4.69) is 6.58 Å². The van der Waals surface area contributed by atoms with Gasteiger partial charge in [0.05, 0.1) is 25.9 Å². The van der Waals surface area contributed by atoms with Gasteiger partial charge in [-0.15, -0.1) is 6.58 Å². The lowest BCUT2D eigenvalue weighted by Gasteiger charge is -2.27. The van der Waals surface area contributed by atoms with Crippen LogP contribution in [0.1, 0.15) is 17.5 Å². The lowest BCUT2D eigenvalue weighted by Crippen LogP contribution is -2.39. The third kappa shape index (κ3) is 5.50. The molecule has 2 aromatic rings. The first-order valence-electron chi connectivity index (χ1n) is 9.58. The van der Waals surface area contributed by atoms with Crippen molar-refractivity contribution in [3.8, 4) is 0 Å². The van der Waals surface area contributed by atoms with E-state index in [0.29, 0.717) is 26.2 Å². The Kier molecular flexibility index (Phi) is 7.77. The quantitative estimate of drug-likeness (QED) is 0.616. The van der Waals surface area contributed by atoms with Crippen LogP contribution in [0.3, 0.4) is 0 Å². The summed E-state index contributed by atoms with van der Waals surface area (Å²) >= 11 is 0. The van der Waals surface area contributed by atoms with Crippen molar-refractivity contribution in [2.75, 3.05) is 6.61 Å². The highest BCUT2D eigenvalue weighted by Crippen LogP contribution is 2.31. The molecule has 5 atom stereocenters. The van der Waals surface area contributed by atoms with Gasteiger partial charge in [-0.3, -0.25) is 0 Å². The average Bonchev–Trinajstić information content (AvgIpc) is 3.01. The third-order valence-electron chi connectivity index (χ3n) is 4.91. The summed E-state index contributed by atoms with van der Waals surface area (Å²) in [4.78, 5) is 0. The minimum atomic E-state index is -1.27. The molecule has 0 amide bonds. The maximum absolute atomic E-state index is 10.4. The molecule has 0 bridgehead atoms. The summed E-state index contributed by atoms with van der Waals surface area (Å²) in [6, 6.07) is 19.6. The Morgan fingerprint density at radius 2 is 1.57 bits per heavy atom. The van der Waals surface area contributed by atoms with E-state index in [4.69, 9.17) is 14.2 Å². The summed E-state index contributed by atoms with van der Waals surface area (Å²) in [6.07, 6.45) is -1.07. The van der Waals surface area contributed by atoms with Gasteiger partial charge >= 0.3 is 0 Å². The molecule has 150 valence electrons.